The lowest BCUT2D eigenvalue weighted by atomic mass is 9.91. The molecule has 5 heteroatoms. The second kappa shape index (κ2) is 6.88. The predicted octanol–water partition coefficient (Wildman–Crippen LogP) is 2.95. The topological polar surface area (TPSA) is 55.4 Å². The Kier molecular flexibility index (Phi) is 5.74. The number of amides is 1. The predicted molar refractivity (Wildman–Crippen MR) is 81.7 cm³/mol. The van der Waals surface area contributed by atoms with Gasteiger partial charge in [0.2, 0.25) is 0 Å². The molecule has 20 heavy (non-hydrogen) atoms. The molecule has 0 heterocycles. The number of ketones is 1. The van der Waals surface area contributed by atoms with Crippen LogP contribution >= 0.6 is 15.9 Å². The molecule has 0 fully saturated rings. The van der Waals surface area contributed by atoms with E-state index < -0.39 is 11.5 Å². The first-order valence-corrected chi connectivity index (χ1v) is 7.22. The van der Waals surface area contributed by atoms with Gasteiger partial charge >= 0.3 is 0 Å². The number of carbonyl (C=O) groups is 2. The van der Waals surface area contributed by atoms with Crippen molar-refractivity contribution in [1.29, 1.82) is 0 Å². The summed E-state index contributed by atoms with van der Waals surface area (Å²) in [5, 5.41) is 2.60. The molecule has 1 aromatic rings. The van der Waals surface area contributed by atoms with E-state index in [0.29, 0.717) is 5.75 Å². The van der Waals surface area contributed by atoms with E-state index in [0.717, 1.165) is 4.47 Å². The fourth-order valence-corrected chi connectivity index (χ4v) is 1.75. The van der Waals surface area contributed by atoms with Crippen molar-refractivity contribution < 1.29 is 14.3 Å². The smallest absolute Gasteiger partial charge is 0.261 e. The molecule has 0 aliphatic rings. The molecule has 0 spiro atoms. The number of carbonyl (C=O) groups excluding carboxylic acids is 2. The highest BCUT2D eigenvalue weighted by atomic mass is 79.9. The van der Waals surface area contributed by atoms with Gasteiger partial charge in [-0.1, -0.05) is 42.8 Å². The highest BCUT2D eigenvalue weighted by Crippen LogP contribution is 2.19. The molecule has 1 amide bonds. The molecule has 0 aromatic heterocycles. The zero-order valence-corrected chi connectivity index (χ0v) is 13.8. The highest BCUT2D eigenvalue weighted by molar-refractivity contribution is 9.10. The lowest BCUT2D eigenvalue weighted by Gasteiger charge is -2.18. The number of hydrogen-bond donors (Lipinski definition) is 1. The number of hydrogen-bond acceptors (Lipinski definition) is 3. The van der Waals surface area contributed by atoms with Crippen molar-refractivity contribution in [3.8, 4) is 5.75 Å². The molecular formula is C15H20BrNO3. The van der Waals surface area contributed by atoms with Crippen LogP contribution in [-0.4, -0.2) is 24.3 Å². The van der Waals surface area contributed by atoms with E-state index in [1.54, 1.807) is 19.1 Å². The molecule has 1 aromatic carbocycles. The van der Waals surface area contributed by atoms with Crippen molar-refractivity contribution >= 4 is 27.6 Å². The maximum Gasteiger partial charge on any atom is 0.261 e. The molecule has 1 unspecified atom stereocenters. The Morgan fingerprint density at radius 2 is 2.00 bits per heavy atom. The van der Waals surface area contributed by atoms with Crippen LogP contribution in [-0.2, 0) is 9.59 Å². The van der Waals surface area contributed by atoms with E-state index in [-0.39, 0.29) is 18.2 Å². The first-order chi connectivity index (χ1) is 9.20. The van der Waals surface area contributed by atoms with Gasteiger partial charge in [-0.15, -0.1) is 0 Å². The SMILES string of the molecule is CC(Oc1cccc(Br)c1)C(=O)NCC(=O)C(C)(C)C. The molecule has 0 radical (unpaired) electrons. The van der Waals surface area contributed by atoms with Crippen molar-refractivity contribution in [3.05, 3.63) is 28.7 Å². The summed E-state index contributed by atoms with van der Waals surface area (Å²) in [6.07, 6.45) is -0.655. The van der Waals surface area contributed by atoms with Crippen molar-refractivity contribution in [2.75, 3.05) is 6.54 Å². The fourth-order valence-electron chi connectivity index (χ4n) is 1.37. The van der Waals surface area contributed by atoms with Crippen LogP contribution in [0.5, 0.6) is 5.75 Å². The van der Waals surface area contributed by atoms with Crippen molar-refractivity contribution in [2.45, 2.75) is 33.8 Å². The molecule has 4 nitrogen and oxygen atoms in total. The second-order valence-electron chi connectivity index (χ2n) is 5.61. The molecule has 0 aliphatic heterocycles. The van der Waals surface area contributed by atoms with Gasteiger partial charge in [-0.25, -0.2) is 0 Å². The van der Waals surface area contributed by atoms with E-state index in [1.165, 1.54) is 0 Å². The quantitative estimate of drug-likeness (QED) is 0.895. The van der Waals surface area contributed by atoms with Gasteiger partial charge in [0.25, 0.3) is 5.91 Å². The summed E-state index contributed by atoms with van der Waals surface area (Å²) >= 11 is 3.34. The van der Waals surface area contributed by atoms with Crippen LogP contribution in [0.3, 0.4) is 0 Å². The Labute approximate surface area is 128 Å². The summed E-state index contributed by atoms with van der Waals surface area (Å²) in [6.45, 7) is 7.14. The minimum Gasteiger partial charge on any atom is -0.481 e. The normalized spacial score (nSPS) is 12.7. The number of benzene rings is 1. The summed E-state index contributed by atoms with van der Waals surface area (Å²) in [4.78, 5) is 23.6. The second-order valence-corrected chi connectivity index (χ2v) is 6.52. The molecule has 110 valence electrons. The minimum absolute atomic E-state index is 0.0134. The minimum atomic E-state index is -0.655. The molecule has 0 saturated heterocycles. The number of nitrogens with one attached hydrogen (secondary N) is 1. The zero-order valence-electron chi connectivity index (χ0n) is 12.2. The summed E-state index contributed by atoms with van der Waals surface area (Å²) in [5.41, 5.74) is -0.457. The van der Waals surface area contributed by atoms with Crippen LogP contribution < -0.4 is 10.1 Å². The van der Waals surface area contributed by atoms with Gasteiger partial charge in [-0.05, 0) is 25.1 Å². The van der Waals surface area contributed by atoms with Crippen LogP contribution in [0.1, 0.15) is 27.7 Å². The number of Topliss-reactive ketones (excluding diaryl/α,β-unsaturated/α-hetero) is 1. The van der Waals surface area contributed by atoms with Gasteiger partial charge in [0.1, 0.15) is 5.75 Å². The van der Waals surface area contributed by atoms with E-state index in [9.17, 15) is 9.59 Å². The Morgan fingerprint density at radius 3 is 2.55 bits per heavy atom. The van der Waals surface area contributed by atoms with Gasteiger partial charge in [0.05, 0.1) is 6.54 Å². The van der Waals surface area contributed by atoms with Gasteiger partial charge < -0.3 is 10.1 Å². The van der Waals surface area contributed by atoms with E-state index >= 15 is 0 Å². The Morgan fingerprint density at radius 1 is 1.35 bits per heavy atom. The monoisotopic (exact) mass is 341 g/mol. The van der Waals surface area contributed by atoms with E-state index in [2.05, 4.69) is 21.2 Å². The molecule has 0 bridgehead atoms. The molecule has 1 N–H and O–H groups in total. The maximum atomic E-state index is 11.9. The average Bonchev–Trinajstić information content (AvgIpc) is 2.34. The summed E-state index contributed by atoms with van der Waals surface area (Å²) in [5.74, 6) is 0.284. The third-order valence-electron chi connectivity index (χ3n) is 2.74. The third kappa shape index (κ3) is 5.33. The summed E-state index contributed by atoms with van der Waals surface area (Å²) in [7, 11) is 0. The lowest BCUT2D eigenvalue weighted by molar-refractivity contribution is -0.131. The largest absolute Gasteiger partial charge is 0.481 e. The molecule has 0 aliphatic carbocycles. The number of ether oxygens (including phenoxy) is 1. The molecule has 1 rings (SSSR count). The van der Waals surface area contributed by atoms with Crippen LogP contribution in [0.15, 0.2) is 28.7 Å². The van der Waals surface area contributed by atoms with E-state index in [1.807, 2.05) is 32.9 Å². The van der Waals surface area contributed by atoms with Gasteiger partial charge in [-0.2, -0.15) is 0 Å². The number of halogens is 1. The molecule has 1 atom stereocenters. The zero-order chi connectivity index (χ0) is 15.3. The van der Waals surface area contributed by atoms with Gasteiger partial charge in [0.15, 0.2) is 11.9 Å². The van der Waals surface area contributed by atoms with Crippen molar-refractivity contribution in [3.63, 3.8) is 0 Å². The summed E-state index contributed by atoms with van der Waals surface area (Å²) < 4.78 is 6.40. The third-order valence-corrected chi connectivity index (χ3v) is 3.23. The van der Waals surface area contributed by atoms with Gasteiger partial charge in [0, 0.05) is 9.89 Å². The first-order valence-electron chi connectivity index (χ1n) is 6.43. The van der Waals surface area contributed by atoms with Crippen molar-refractivity contribution in [1.82, 2.24) is 5.32 Å². The fraction of sp³-hybridized carbons (Fsp3) is 0.467. The number of rotatable bonds is 5. The van der Waals surface area contributed by atoms with Crippen LogP contribution in [0.2, 0.25) is 0 Å². The van der Waals surface area contributed by atoms with Crippen LogP contribution in [0.25, 0.3) is 0 Å². The average molecular weight is 342 g/mol. The first kappa shape index (κ1) is 16.7. The standard InChI is InChI=1S/C15H20BrNO3/c1-10(20-12-7-5-6-11(16)8-12)14(19)17-9-13(18)15(2,3)4/h5-8,10H,9H2,1-4H3,(H,17,19). The maximum absolute atomic E-state index is 11.9. The Balaban J connectivity index is 2.50. The Hall–Kier alpha value is -1.36. The molecule has 0 saturated carbocycles. The molecular weight excluding hydrogens is 322 g/mol. The Bertz CT molecular complexity index is 494. The van der Waals surface area contributed by atoms with Crippen LogP contribution in [0.4, 0.5) is 0 Å². The van der Waals surface area contributed by atoms with Crippen molar-refractivity contribution in [2.24, 2.45) is 5.41 Å². The van der Waals surface area contributed by atoms with Gasteiger partial charge in [-0.3, -0.25) is 9.59 Å². The summed E-state index contributed by atoms with van der Waals surface area (Å²) in [6, 6.07) is 7.26. The van der Waals surface area contributed by atoms with E-state index in [4.69, 9.17) is 4.74 Å². The lowest BCUT2D eigenvalue weighted by Crippen LogP contribution is -2.41. The van der Waals surface area contributed by atoms with Crippen LogP contribution in [0, 0.1) is 5.41 Å². The highest BCUT2D eigenvalue weighted by Gasteiger charge is 2.23.